The van der Waals surface area contributed by atoms with Gasteiger partial charge in [-0.25, -0.2) is 9.97 Å². The Labute approximate surface area is 276 Å². The molecule has 0 radical (unpaired) electrons. The molecule has 0 amide bonds. The molecule has 6 rings (SSSR count). The smallest absolute Gasteiger partial charge is 0.127 e. The summed E-state index contributed by atoms with van der Waals surface area (Å²) >= 11 is 1.55. The molecular weight excluding hydrogens is 637 g/mol. The Morgan fingerprint density at radius 2 is 0.933 bits per heavy atom. The van der Waals surface area contributed by atoms with Gasteiger partial charge in [-0.15, -0.1) is 11.3 Å². The SMILES string of the molecule is Cc1ccc(C[S@](=O)c2ccccn2)cc1.O=[S@@](Cc1ccccc1)c1ccccn1.O=[S@@](Cc1ccccc1)c1cccs1. The standard InChI is InChI=1S/C13H13NOS.C12H11NOS.C11H10OS2/c1-11-5-7-12(8-6-11)10-16(15)13-4-2-3-9-14-13;14-15(12-8-4-5-9-13-12)10-11-6-2-1-3-7-11;12-14(11-7-4-8-13-11)9-10-5-2-1-3-6-10/h2-9H,10H2,1H3;1-9H,10H2;1-8H,9H2/t16-;15-;14-/m000/s1. The number of benzene rings is 3. The first-order valence-electron chi connectivity index (χ1n) is 14.1. The van der Waals surface area contributed by atoms with Crippen LogP contribution in [0.3, 0.4) is 0 Å². The van der Waals surface area contributed by atoms with Gasteiger partial charge in [-0.2, -0.15) is 0 Å². The summed E-state index contributed by atoms with van der Waals surface area (Å²) in [5.41, 5.74) is 4.49. The molecule has 9 heteroatoms. The van der Waals surface area contributed by atoms with Crippen molar-refractivity contribution in [3.05, 3.63) is 173 Å². The van der Waals surface area contributed by atoms with Crippen LogP contribution in [0.2, 0.25) is 0 Å². The highest BCUT2D eigenvalue weighted by Crippen LogP contribution is 2.17. The van der Waals surface area contributed by atoms with Crippen LogP contribution in [0.5, 0.6) is 0 Å². The molecule has 0 saturated heterocycles. The monoisotopic (exact) mass is 670 g/mol. The first kappa shape index (κ1) is 34.0. The Bertz CT molecular complexity index is 1750. The lowest BCUT2D eigenvalue weighted by Crippen LogP contribution is -1.98. The first-order chi connectivity index (χ1) is 22.0. The Hall–Kier alpha value is -3.89. The molecule has 0 aliphatic carbocycles. The normalized spacial score (nSPS) is 12.4. The van der Waals surface area contributed by atoms with Gasteiger partial charge < -0.3 is 0 Å². The molecule has 0 N–H and O–H groups in total. The second kappa shape index (κ2) is 18.8. The van der Waals surface area contributed by atoms with Crippen LogP contribution in [0.15, 0.2) is 165 Å². The molecule has 6 aromatic rings. The van der Waals surface area contributed by atoms with Crippen molar-refractivity contribution in [3.63, 3.8) is 0 Å². The molecule has 0 bridgehead atoms. The summed E-state index contributed by atoms with van der Waals surface area (Å²) in [5.74, 6) is 1.66. The minimum Gasteiger partial charge on any atom is -0.253 e. The van der Waals surface area contributed by atoms with Gasteiger partial charge in [0.05, 0.1) is 53.9 Å². The van der Waals surface area contributed by atoms with Gasteiger partial charge in [-0.3, -0.25) is 12.6 Å². The summed E-state index contributed by atoms with van der Waals surface area (Å²) < 4.78 is 36.6. The lowest BCUT2D eigenvalue weighted by Gasteiger charge is -2.02. The molecule has 5 nitrogen and oxygen atoms in total. The predicted octanol–water partition coefficient (Wildman–Crippen LogP) is 8.14. The number of hydrogen-bond acceptors (Lipinski definition) is 6. The van der Waals surface area contributed by atoms with E-state index < -0.39 is 32.4 Å². The van der Waals surface area contributed by atoms with Crippen molar-refractivity contribution in [2.24, 2.45) is 0 Å². The maximum atomic E-state index is 11.9. The van der Waals surface area contributed by atoms with Crippen molar-refractivity contribution in [2.45, 2.75) is 38.4 Å². The fourth-order valence-electron chi connectivity index (χ4n) is 3.86. The molecule has 3 atom stereocenters. The van der Waals surface area contributed by atoms with E-state index in [1.807, 2.05) is 134 Å². The van der Waals surface area contributed by atoms with E-state index >= 15 is 0 Å². The molecule has 0 unspecified atom stereocenters. The van der Waals surface area contributed by atoms with Gasteiger partial charge in [0.1, 0.15) is 10.1 Å². The Kier molecular flexibility index (Phi) is 14.2. The summed E-state index contributed by atoms with van der Waals surface area (Å²) in [5, 5.41) is 3.24. The zero-order chi connectivity index (χ0) is 31.7. The highest BCUT2D eigenvalue weighted by Gasteiger charge is 2.07. The molecule has 0 aliphatic rings. The third-order valence-corrected chi connectivity index (χ3v) is 11.5. The first-order valence-corrected chi connectivity index (χ1v) is 19.0. The molecule has 3 heterocycles. The zero-order valence-electron chi connectivity index (χ0n) is 24.8. The van der Waals surface area contributed by atoms with Gasteiger partial charge in [0.2, 0.25) is 0 Å². The van der Waals surface area contributed by atoms with Gasteiger partial charge in [0.25, 0.3) is 0 Å². The van der Waals surface area contributed by atoms with Gasteiger partial charge in [0, 0.05) is 12.4 Å². The Morgan fingerprint density at radius 3 is 1.36 bits per heavy atom. The lowest BCUT2D eigenvalue weighted by atomic mass is 10.2. The highest BCUT2D eigenvalue weighted by molar-refractivity contribution is 7.86. The zero-order valence-corrected chi connectivity index (χ0v) is 28.1. The fourth-order valence-corrected chi connectivity index (χ4v) is 8.06. The molecule has 230 valence electrons. The quantitative estimate of drug-likeness (QED) is 0.155. The largest absolute Gasteiger partial charge is 0.253 e. The van der Waals surface area contributed by atoms with Crippen LogP contribution in [-0.4, -0.2) is 22.6 Å². The second-order valence-corrected chi connectivity index (χ2v) is 15.1. The van der Waals surface area contributed by atoms with E-state index in [0.717, 1.165) is 20.9 Å². The van der Waals surface area contributed by atoms with Crippen molar-refractivity contribution in [1.82, 2.24) is 9.97 Å². The number of thiophene rings is 1. The molecular formula is C36H34N2O3S4. The van der Waals surface area contributed by atoms with Crippen LogP contribution in [-0.2, 0) is 49.7 Å². The van der Waals surface area contributed by atoms with Crippen LogP contribution in [0.4, 0.5) is 0 Å². The van der Waals surface area contributed by atoms with Crippen molar-refractivity contribution in [1.29, 1.82) is 0 Å². The molecule has 3 aromatic heterocycles. The topological polar surface area (TPSA) is 77.0 Å². The summed E-state index contributed by atoms with van der Waals surface area (Å²) in [7, 11) is -2.98. The predicted molar refractivity (Wildman–Crippen MR) is 187 cm³/mol. The van der Waals surface area contributed by atoms with Crippen LogP contribution in [0.25, 0.3) is 0 Å². The third kappa shape index (κ3) is 12.2. The van der Waals surface area contributed by atoms with E-state index in [-0.39, 0.29) is 0 Å². The maximum Gasteiger partial charge on any atom is 0.127 e. The van der Waals surface area contributed by atoms with Crippen LogP contribution in [0.1, 0.15) is 22.3 Å². The third-order valence-electron chi connectivity index (χ3n) is 6.16. The number of aromatic nitrogens is 2. The number of hydrogen-bond donors (Lipinski definition) is 0. The van der Waals surface area contributed by atoms with E-state index in [9.17, 15) is 12.6 Å². The van der Waals surface area contributed by atoms with Crippen LogP contribution >= 0.6 is 11.3 Å². The van der Waals surface area contributed by atoms with Crippen molar-refractivity contribution in [2.75, 3.05) is 0 Å². The number of nitrogens with zero attached hydrogens (tertiary/aromatic N) is 2. The van der Waals surface area contributed by atoms with Gasteiger partial charge >= 0.3 is 0 Å². The maximum absolute atomic E-state index is 11.9. The molecule has 0 fully saturated rings. The summed E-state index contributed by atoms with van der Waals surface area (Å²) in [6.45, 7) is 2.04. The summed E-state index contributed by atoms with van der Waals surface area (Å²) in [6, 6.07) is 42.6. The van der Waals surface area contributed by atoms with E-state index in [4.69, 9.17) is 0 Å². The van der Waals surface area contributed by atoms with Crippen molar-refractivity contribution >= 4 is 43.7 Å². The van der Waals surface area contributed by atoms with Gasteiger partial charge in [-0.05, 0) is 59.3 Å². The van der Waals surface area contributed by atoms with Crippen LogP contribution in [0, 0.1) is 6.92 Å². The van der Waals surface area contributed by atoms with Gasteiger partial charge in [0.15, 0.2) is 0 Å². The molecule has 3 aromatic carbocycles. The van der Waals surface area contributed by atoms with E-state index in [1.54, 1.807) is 35.9 Å². The average Bonchev–Trinajstić information content (AvgIpc) is 3.64. The minimum atomic E-state index is -1.05. The van der Waals surface area contributed by atoms with Crippen LogP contribution < -0.4 is 0 Å². The highest BCUT2D eigenvalue weighted by atomic mass is 32.2. The molecule has 0 spiro atoms. The van der Waals surface area contributed by atoms with Crippen molar-refractivity contribution < 1.29 is 12.6 Å². The number of aryl methyl sites for hydroxylation is 1. The molecule has 45 heavy (non-hydrogen) atoms. The summed E-state index contributed by atoms with van der Waals surface area (Å²) in [4.78, 5) is 8.17. The minimum absolute atomic E-state index is 0.525. The Morgan fingerprint density at radius 1 is 0.489 bits per heavy atom. The fraction of sp³-hybridized carbons (Fsp3) is 0.111. The number of pyridine rings is 2. The second-order valence-electron chi connectivity index (χ2n) is 9.69. The summed E-state index contributed by atoms with van der Waals surface area (Å²) in [6.07, 6.45) is 3.33. The lowest BCUT2D eigenvalue weighted by molar-refractivity contribution is 0.679. The van der Waals surface area contributed by atoms with Gasteiger partial charge in [-0.1, -0.05) is 109 Å². The Balaban J connectivity index is 0.000000154. The van der Waals surface area contributed by atoms with Crippen molar-refractivity contribution in [3.8, 4) is 0 Å². The van der Waals surface area contributed by atoms with E-state index in [2.05, 4.69) is 9.97 Å². The van der Waals surface area contributed by atoms with E-state index in [0.29, 0.717) is 27.3 Å². The van der Waals surface area contributed by atoms with E-state index in [1.165, 1.54) is 5.56 Å². The number of rotatable bonds is 9. The molecule has 0 saturated carbocycles. The molecule has 0 aliphatic heterocycles. The average molecular weight is 671 g/mol.